The van der Waals surface area contributed by atoms with Crippen molar-refractivity contribution in [3.63, 3.8) is 0 Å². The maximum Gasteiger partial charge on any atom is 0.0522 e. The molecule has 0 aromatic rings. The first-order valence-corrected chi connectivity index (χ1v) is 5.01. The van der Waals surface area contributed by atoms with E-state index in [1.54, 1.807) is 0 Å². The van der Waals surface area contributed by atoms with Gasteiger partial charge in [-0.15, -0.1) is 0 Å². The first-order chi connectivity index (χ1) is 5.73. The predicted octanol–water partition coefficient (Wildman–Crippen LogP) is 1.66. The minimum absolute atomic E-state index is 0.484. The van der Waals surface area contributed by atoms with E-state index in [-0.39, 0.29) is 0 Å². The fraction of sp³-hybridized carbons (Fsp3) is 1.00. The van der Waals surface area contributed by atoms with Crippen molar-refractivity contribution in [1.82, 2.24) is 5.32 Å². The van der Waals surface area contributed by atoms with E-state index in [1.807, 2.05) is 0 Å². The fourth-order valence-corrected chi connectivity index (χ4v) is 1.65. The minimum atomic E-state index is 0.484. The van der Waals surface area contributed by atoms with Gasteiger partial charge >= 0.3 is 0 Å². The van der Waals surface area contributed by atoms with Crippen molar-refractivity contribution in [3.05, 3.63) is 0 Å². The predicted molar refractivity (Wildman–Crippen MR) is 51.3 cm³/mol. The van der Waals surface area contributed by atoms with Crippen LogP contribution in [0.3, 0.4) is 0 Å². The minimum Gasteiger partial charge on any atom is -0.381 e. The Morgan fingerprint density at radius 2 is 2.25 bits per heavy atom. The smallest absolute Gasteiger partial charge is 0.0522 e. The summed E-state index contributed by atoms with van der Waals surface area (Å²) in [5.41, 5.74) is 0.484. The Labute approximate surface area is 75.7 Å². The zero-order chi connectivity index (χ0) is 9.03. The maximum atomic E-state index is 5.44. The molecule has 1 rings (SSSR count). The topological polar surface area (TPSA) is 21.3 Å². The van der Waals surface area contributed by atoms with Crippen molar-refractivity contribution in [2.45, 2.75) is 27.2 Å². The molecule has 0 saturated heterocycles. The molecular weight excluding hydrogens is 150 g/mol. The van der Waals surface area contributed by atoms with Crippen LogP contribution in [0.2, 0.25) is 0 Å². The zero-order valence-corrected chi connectivity index (χ0v) is 8.52. The number of hydrogen-bond acceptors (Lipinski definition) is 2. The molecule has 2 heteroatoms. The highest BCUT2D eigenvalue weighted by molar-refractivity contribution is 4.99. The van der Waals surface area contributed by atoms with Gasteiger partial charge in [-0.3, -0.25) is 0 Å². The van der Waals surface area contributed by atoms with Crippen LogP contribution in [-0.4, -0.2) is 26.3 Å². The highest BCUT2D eigenvalue weighted by atomic mass is 16.5. The third kappa shape index (κ3) is 2.46. The number of ether oxygens (including phenoxy) is 1. The highest BCUT2D eigenvalue weighted by Crippen LogP contribution is 2.51. The summed E-state index contributed by atoms with van der Waals surface area (Å²) in [7, 11) is 0. The molecule has 0 amide bonds. The summed E-state index contributed by atoms with van der Waals surface area (Å²) in [6.07, 6.45) is 1.33. The lowest BCUT2D eigenvalue weighted by Gasteiger charge is -2.10. The molecule has 1 aliphatic carbocycles. The average molecular weight is 171 g/mol. The lowest BCUT2D eigenvalue weighted by Crippen LogP contribution is -2.20. The summed E-state index contributed by atoms with van der Waals surface area (Å²) < 4.78 is 5.44. The Balaban J connectivity index is 2.10. The van der Waals surface area contributed by atoms with Crippen LogP contribution < -0.4 is 5.32 Å². The first kappa shape index (κ1) is 10.0. The van der Waals surface area contributed by atoms with Crippen molar-refractivity contribution in [2.75, 3.05) is 26.3 Å². The molecule has 2 atom stereocenters. The summed E-state index contributed by atoms with van der Waals surface area (Å²) in [6.45, 7) is 10.6. The van der Waals surface area contributed by atoms with E-state index in [1.165, 1.54) is 13.0 Å². The Bertz CT molecular complexity index is 138. The van der Waals surface area contributed by atoms with Crippen molar-refractivity contribution < 1.29 is 4.74 Å². The Morgan fingerprint density at radius 1 is 1.50 bits per heavy atom. The number of rotatable bonds is 6. The maximum absolute atomic E-state index is 5.44. The molecule has 1 fully saturated rings. The SMILES string of the molecule is CCNCC1CC1(C)COCC. The van der Waals surface area contributed by atoms with Crippen LogP contribution in [0.4, 0.5) is 0 Å². The summed E-state index contributed by atoms with van der Waals surface area (Å²) in [6, 6.07) is 0. The van der Waals surface area contributed by atoms with E-state index in [4.69, 9.17) is 4.74 Å². The van der Waals surface area contributed by atoms with Gasteiger partial charge in [0.05, 0.1) is 6.61 Å². The monoisotopic (exact) mass is 171 g/mol. The Hall–Kier alpha value is -0.0800. The van der Waals surface area contributed by atoms with Gasteiger partial charge in [0.2, 0.25) is 0 Å². The molecule has 12 heavy (non-hydrogen) atoms. The fourth-order valence-electron chi connectivity index (χ4n) is 1.65. The molecule has 1 saturated carbocycles. The second-order valence-electron chi connectivity index (χ2n) is 4.00. The Kier molecular flexibility index (Phi) is 3.53. The van der Waals surface area contributed by atoms with E-state index < -0.39 is 0 Å². The van der Waals surface area contributed by atoms with E-state index in [0.717, 1.165) is 25.7 Å². The van der Waals surface area contributed by atoms with E-state index >= 15 is 0 Å². The zero-order valence-electron chi connectivity index (χ0n) is 8.52. The molecule has 0 radical (unpaired) electrons. The van der Waals surface area contributed by atoms with Crippen molar-refractivity contribution in [2.24, 2.45) is 11.3 Å². The molecule has 0 aliphatic heterocycles. The summed E-state index contributed by atoms with van der Waals surface area (Å²) in [4.78, 5) is 0. The summed E-state index contributed by atoms with van der Waals surface area (Å²) in [5.74, 6) is 0.851. The van der Waals surface area contributed by atoms with Crippen molar-refractivity contribution in [1.29, 1.82) is 0 Å². The lowest BCUT2D eigenvalue weighted by molar-refractivity contribution is 0.101. The van der Waals surface area contributed by atoms with Gasteiger partial charge in [0.1, 0.15) is 0 Å². The number of hydrogen-bond donors (Lipinski definition) is 1. The van der Waals surface area contributed by atoms with E-state index in [9.17, 15) is 0 Å². The van der Waals surface area contributed by atoms with Crippen LogP contribution in [-0.2, 0) is 4.74 Å². The van der Waals surface area contributed by atoms with Gasteiger partial charge in [-0.05, 0) is 37.8 Å². The molecule has 0 aromatic carbocycles. The van der Waals surface area contributed by atoms with Gasteiger partial charge in [0.15, 0.2) is 0 Å². The van der Waals surface area contributed by atoms with Gasteiger partial charge in [-0.1, -0.05) is 13.8 Å². The molecule has 0 aromatic heterocycles. The molecule has 0 spiro atoms. The Morgan fingerprint density at radius 3 is 2.83 bits per heavy atom. The summed E-state index contributed by atoms with van der Waals surface area (Å²) in [5, 5.41) is 3.39. The van der Waals surface area contributed by atoms with Crippen LogP contribution in [0.1, 0.15) is 27.2 Å². The summed E-state index contributed by atoms with van der Waals surface area (Å²) >= 11 is 0. The van der Waals surface area contributed by atoms with Gasteiger partial charge in [0.25, 0.3) is 0 Å². The van der Waals surface area contributed by atoms with Crippen LogP contribution in [0.25, 0.3) is 0 Å². The molecule has 1 N–H and O–H groups in total. The second-order valence-corrected chi connectivity index (χ2v) is 4.00. The van der Waals surface area contributed by atoms with Crippen LogP contribution in [0.15, 0.2) is 0 Å². The molecule has 2 nitrogen and oxygen atoms in total. The van der Waals surface area contributed by atoms with Gasteiger partial charge in [-0.25, -0.2) is 0 Å². The quantitative estimate of drug-likeness (QED) is 0.656. The highest BCUT2D eigenvalue weighted by Gasteiger charge is 2.49. The molecule has 72 valence electrons. The molecule has 0 bridgehead atoms. The third-order valence-electron chi connectivity index (χ3n) is 2.81. The van der Waals surface area contributed by atoms with Gasteiger partial charge in [-0.2, -0.15) is 0 Å². The standard InChI is InChI=1S/C10H21NO/c1-4-11-7-9-6-10(9,3)8-12-5-2/h9,11H,4-8H2,1-3H3. The first-order valence-electron chi connectivity index (χ1n) is 5.01. The largest absolute Gasteiger partial charge is 0.381 e. The van der Waals surface area contributed by atoms with Gasteiger partial charge < -0.3 is 10.1 Å². The van der Waals surface area contributed by atoms with Crippen LogP contribution in [0, 0.1) is 11.3 Å². The van der Waals surface area contributed by atoms with Crippen molar-refractivity contribution in [3.8, 4) is 0 Å². The second kappa shape index (κ2) is 4.24. The van der Waals surface area contributed by atoms with E-state index in [2.05, 4.69) is 26.1 Å². The van der Waals surface area contributed by atoms with Crippen LogP contribution in [0.5, 0.6) is 0 Å². The van der Waals surface area contributed by atoms with Crippen molar-refractivity contribution >= 4 is 0 Å². The average Bonchev–Trinajstić information content (AvgIpc) is 2.71. The molecule has 1 aliphatic rings. The molecular formula is C10H21NO. The normalized spacial score (nSPS) is 33.8. The van der Waals surface area contributed by atoms with Crippen LogP contribution >= 0.6 is 0 Å². The van der Waals surface area contributed by atoms with Gasteiger partial charge in [0, 0.05) is 6.61 Å². The number of nitrogens with one attached hydrogen (secondary N) is 1. The molecule has 0 heterocycles. The third-order valence-corrected chi connectivity index (χ3v) is 2.81. The molecule has 2 unspecified atom stereocenters. The lowest BCUT2D eigenvalue weighted by atomic mass is 10.1. The van der Waals surface area contributed by atoms with E-state index in [0.29, 0.717) is 5.41 Å².